The maximum atomic E-state index is 12.1. The van der Waals surface area contributed by atoms with Crippen LogP contribution in [0.3, 0.4) is 0 Å². The highest BCUT2D eigenvalue weighted by atomic mass is 32.3. The minimum atomic E-state index is -6.28. The number of ether oxygens (including phenoxy) is 1. The predicted octanol–water partition coefficient (Wildman–Crippen LogP) is 0.565. The molecule has 2 fully saturated rings. The van der Waals surface area contributed by atoms with Gasteiger partial charge in [-0.15, -0.1) is 0 Å². The van der Waals surface area contributed by atoms with E-state index in [0.29, 0.717) is 19.3 Å². The Morgan fingerprint density at radius 2 is 1.81 bits per heavy atom. The first kappa shape index (κ1) is 16.5. The number of halogens is 3. The van der Waals surface area contributed by atoms with Gasteiger partial charge in [0.05, 0.1) is 0 Å². The van der Waals surface area contributed by atoms with Gasteiger partial charge in [0.2, 0.25) is 10.3 Å². The van der Waals surface area contributed by atoms with E-state index in [9.17, 15) is 34.8 Å². The highest BCUT2D eigenvalue weighted by Gasteiger charge is 2.49. The summed E-state index contributed by atoms with van der Waals surface area (Å²) in [5.41, 5.74) is -5.88. The van der Waals surface area contributed by atoms with Gasteiger partial charge >= 0.3 is 11.5 Å². The summed E-state index contributed by atoms with van der Waals surface area (Å²) in [6, 6.07) is 0. The van der Waals surface area contributed by atoms with Gasteiger partial charge < -0.3 is 8.86 Å². The van der Waals surface area contributed by atoms with E-state index in [1.807, 2.05) is 0 Å². The Hall–Kier alpha value is -0.920. The molecule has 0 aromatic heterocycles. The maximum Gasteiger partial charge on any atom is 0.480 e. The Labute approximate surface area is 117 Å². The summed E-state index contributed by atoms with van der Waals surface area (Å²) in [6.45, 7) is 0. The van der Waals surface area contributed by atoms with E-state index >= 15 is 0 Å². The summed E-state index contributed by atoms with van der Waals surface area (Å²) in [7, 11) is -11.7. The number of carbonyl (C=O) groups excluding carboxylic acids is 1. The van der Waals surface area contributed by atoms with Crippen LogP contribution in [0.5, 0.6) is 0 Å². The number of hydrogen-bond acceptors (Lipinski definition) is 7. The lowest BCUT2D eigenvalue weighted by molar-refractivity contribution is -0.146. The molecule has 21 heavy (non-hydrogen) atoms. The van der Waals surface area contributed by atoms with Crippen LogP contribution < -0.4 is 0 Å². The van der Waals surface area contributed by atoms with Crippen LogP contribution in [-0.4, -0.2) is 40.5 Å². The minimum absolute atomic E-state index is 0.378. The quantitative estimate of drug-likeness (QED) is 0.679. The Morgan fingerprint density at radius 1 is 1.19 bits per heavy atom. The van der Waals surface area contributed by atoms with Crippen molar-refractivity contribution in [2.24, 2.45) is 5.92 Å². The van der Waals surface area contributed by atoms with Crippen molar-refractivity contribution >= 4 is 26.3 Å². The number of carbonyl (C=O) groups is 1. The molecule has 0 bridgehead atoms. The van der Waals surface area contributed by atoms with E-state index in [2.05, 4.69) is 4.18 Å². The van der Waals surface area contributed by atoms with Gasteiger partial charge in [-0.2, -0.15) is 13.2 Å². The lowest BCUT2D eigenvalue weighted by Crippen LogP contribution is -2.31. The van der Waals surface area contributed by atoms with Crippen LogP contribution in [0.15, 0.2) is 0 Å². The van der Waals surface area contributed by atoms with E-state index in [-0.39, 0.29) is 0 Å². The van der Waals surface area contributed by atoms with Gasteiger partial charge in [0.1, 0.15) is 6.10 Å². The van der Waals surface area contributed by atoms with Gasteiger partial charge in [0, 0.05) is 5.92 Å². The third-order valence-electron chi connectivity index (χ3n) is 3.10. The van der Waals surface area contributed by atoms with Gasteiger partial charge in [-0.25, -0.2) is 21.6 Å². The van der Waals surface area contributed by atoms with Crippen LogP contribution in [0.1, 0.15) is 19.3 Å². The van der Waals surface area contributed by atoms with E-state index in [4.69, 9.17) is 4.74 Å². The molecule has 13 heteroatoms. The average molecular weight is 352 g/mol. The number of hydrogen-bond donors (Lipinski definition) is 0. The molecular weight excluding hydrogens is 343 g/mol. The monoisotopic (exact) mass is 352 g/mol. The molecule has 2 aliphatic rings. The zero-order valence-electron chi connectivity index (χ0n) is 10.1. The molecule has 3 unspecified atom stereocenters. The first-order valence-electron chi connectivity index (χ1n) is 5.62. The van der Waals surface area contributed by atoms with E-state index in [0.717, 1.165) is 0 Å². The lowest BCUT2D eigenvalue weighted by atomic mass is 10.0. The van der Waals surface area contributed by atoms with Crippen molar-refractivity contribution in [3.05, 3.63) is 4.13 Å². The van der Waals surface area contributed by atoms with Crippen LogP contribution in [0.2, 0.25) is 0 Å². The molecule has 0 spiro atoms. The molecule has 0 aromatic rings. The first-order chi connectivity index (χ1) is 9.43. The van der Waals surface area contributed by atoms with Gasteiger partial charge in [-0.05, 0) is 19.3 Å². The zero-order chi connectivity index (χ0) is 16.1. The van der Waals surface area contributed by atoms with Crippen LogP contribution in [0, 0.1) is 5.92 Å². The Bertz CT molecular complexity index is 641. The highest BCUT2D eigenvalue weighted by molar-refractivity contribution is 8.10. The normalized spacial score (nSPS) is 30.2. The summed E-state index contributed by atoms with van der Waals surface area (Å²) in [5, 5.41) is 0. The molecular formula is C8H9F3NO7S2-. The molecule has 0 N–H and O–H groups in total. The van der Waals surface area contributed by atoms with Crippen LogP contribution in [0.25, 0.3) is 4.13 Å². The molecule has 0 amide bonds. The third-order valence-corrected chi connectivity index (χ3v) is 5.65. The molecule has 8 nitrogen and oxygen atoms in total. The molecule has 1 aliphatic carbocycles. The van der Waals surface area contributed by atoms with Gasteiger partial charge in [0.25, 0.3) is 0 Å². The van der Waals surface area contributed by atoms with Crippen molar-refractivity contribution < 1.29 is 43.7 Å². The SMILES string of the molecule is O=C1OC2CCCC2C1OS(=O)(=O)[N-]S(=O)(=O)C(F)(F)F. The van der Waals surface area contributed by atoms with E-state index in [1.165, 1.54) is 0 Å². The van der Waals surface area contributed by atoms with Crippen molar-refractivity contribution in [1.29, 1.82) is 0 Å². The molecule has 2 rings (SSSR count). The van der Waals surface area contributed by atoms with Crippen molar-refractivity contribution in [1.82, 2.24) is 0 Å². The fraction of sp³-hybridized carbons (Fsp3) is 0.875. The van der Waals surface area contributed by atoms with E-state index < -0.39 is 49.9 Å². The molecule has 0 radical (unpaired) electrons. The van der Waals surface area contributed by atoms with Gasteiger partial charge in [-0.1, -0.05) is 0 Å². The zero-order valence-corrected chi connectivity index (χ0v) is 11.7. The molecule has 1 aliphatic heterocycles. The number of rotatable bonds is 4. The number of fused-ring (bicyclic) bond motifs is 1. The minimum Gasteiger partial charge on any atom is -0.460 e. The molecule has 3 atom stereocenters. The van der Waals surface area contributed by atoms with Crippen LogP contribution in [0.4, 0.5) is 13.2 Å². The summed E-state index contributed by atoms with van der Waals surface area (Å²) < 4.78 is 90.9. The summed E-state index contributed by atoms with van der Waals surface area (Å²) >= 11 is 0. The first-order valence-corrected chi connectivity index (χ1v) is 8.43. The topological polar surface area (TPSA) is 118 Å². The summed E-state index contributed by atoms with van der Waals surface area (Å²) in [5.74, 6) is -1.70. The van der Waals surface area contributed by atoms with Crippen molar-refractivity contribution in [2.45, 2.75) is 37.0 Å². The van der Waals surface area contributed by atoms with Crippen molar-refractivity contribution in [3.8, 4) is 0 Å². The standard InChI is InChI=1S/C8H9F3NO7S2/c9-8(10,11)20(14,15)12-21(16,17)19-6-4-2-1-3-5(4)18-7(6)13/h4-6H,1-3H2/q-1. The van der Waals surface area contributed by atoms with Crippen molar-refractivity contribution in [3.63, 3.8) is 0 Å². The number of alkyl halides is 3. The van der Waals surface area contributed by atoms with Gasteiger partial charge in [0.15, 0.2) is 16.1 Å². The Kier molecular flexibility index (Phi) is 3.97. The maximum absolute atomic E-state index is 12.1. The summed E-state index contributed by atoms with van der Waals surface area (Å²) in [6.07, 6.45) is -0.760. The third kappa shape index (κ3) is 3.30. The molecule has 1 heterocycles. The second-order valence-corrected chi connectivity index (χ2v) is 7.57. The largest absolute Gasteiger partial charge is 0.480 e. The fourth-order valence-corrected chi connectivity index (χ4v) is 4.18. The smallest absolute Gasteiger partial charge is 0.460 e. The Balaban J connectivity index is 2.13. The summed E-state index contributed by atoms with van der Waals surface area (Å²) in [4.78, 5) is 11.4. The molecule has 1 saturated heterocycles. The van der Waals surface area contributed by atoms with Crippen molar-refractivity contribution in [2.75, 3.05) is 0 Å². The fourth-order valence-electron chi connectivity index (χ4n) is 2.26. The highest BCUT2D eigenvalue weighted by Crippen LogP contribution is 2.40. The average Bonchev–Trinajstić information content (AvgIpc) is 2.79. The number of esters is 1. The number of sulfonamides is 1. The number of nitrogens with zero attached hydrogens (tertiary/aromatic N) is 1. The molecule has 122 valence electrons. The second-order valence-electron chi connectivity index (χ2n) is 4.51. The Morgan fingerprint density at radius 3 is 2.38 bits per heavy atom. The molecule has 0 aromatic carbocycles. The van der Waals surface area contributed by atoms with Crippen LogP contribution in [-0.2, 0) is 34.0 Å². The van der Waals surface area contributed by atoms with E-state index in [1.54, 1.807) is 4.13 Å². The predicted molar refractivity (Wildman–Crippen MR) is 59.3 cm³/mol. The van der Waals surface area contributed by atoms with Gasteiger partial charge in [-0.3, -0.25) is 4.18 Å². The van der Waals surface area contributed by atoms with Crippen LogP contribution >= 0.6 is 0 Å². The second kappa shape index (κ2) is 5.07. The molecule has 1 saturated carbocycles. The lowest BCUT2D eigenvalue weighted by Gasteiger charge is -2.24.